The lowest BCUT2D eigenvalue weighted by molar-refractivity contribution is -0.171. The molecule has 2 heterocycles. The van der Waals surface area contributed by atoms with Crippen molar-refractivity contribution in [2.45, 2.75) is 77.9 Å². The van der Waals surface area contributed by atoms with Gasteiger partial charge in [0.2, 0.25) is 11.8 Å². The molecule has 0 aliphatic carbocycles. The van der Waals surface area contributed by atoms with Crippen LogP contribution < -0.4 is 10.6 Å². The van der Waals surface area contributed by atoms with Crippen LogP contribution in [-0.2, 0) is 37.0 Å². The molecule has 0 saturated carbocycles. The number of carbonyl (C=O) groups is 4. The molecule has 4 rings (SSSR count). The number of rotatable bonds is 12. The molecular weight excluding hydrogens is 574 g/mol. The number of carbonyl (C=O) groups excluding carboxylic acids is 4. The Kier molecular flexibility index (Phi) is 11.5. The first-order valence-electron chi connectivity index (χ1n) is 15.4. The Balaban J connectivity index is 1.34. The Morgan fingerprint density at radius 3 is 2.27 bits per heavy atom. The molecular formula is C34H43N5O6. The van der Waals surface area contributed by atoms with Gasteiger partial charge in [-0.1, -0.05) is 94.9 Å². The molecule has 0 bridgehead atoms. The third kappa shape index (κ3) is 8.78. The maximum Gasteiger partial charge on any atom is 0.408 e. The van der Waals surface area contributed by atoms with E-state index in [1.54, 1.807) is 6.08 Å². The van der Waals surface area contributed by atoms with Crippen LogP contribution in [0.4, 0.5) is 4.79 Å². The van der Waals surface area contributed by atoms with Crippen molar-refractivity contribution in [2.75, 3.05) is 6.54 Å². The van der Waals surface area contributed by atoms with Crippen molar-refractivity contribution < 1.29 is 28.8 Å². The van der Waals surface area contributed by atoms with Crippen LogP contribution >= 0.6 is 0 Å². The first-order valence-corrected chi connectivity index (χ1v) is 15.4. The summed E-state index contributed by atoms with van der Waals surface area (Å²) in [6, 6.07) is 14.5. The summed E-state index contributed by atoms with van der Waals surface area (Å²) in [5.74, 6) is -1.78. The monoisotopic (exact) mass is 617 g/mol. The van der Waals surface area contributed by atoms with Crippen molar-refractivity contribution in [2.24, 2.45) is 16.8 Å². The number of nitrogens with zero attached hydrogens (tertiary/aromatic N) is 3. The normalized spacial score (nSPS) is 19.0. The van der Waals surface area contributed by atoms with Crippen molar-refractivity contribution >= 4 is 36.2 Å². The maximum absolute atomic E-state index is 13.7. The Morgan fingerprint density at radius 1 is 0.956 bits per heavy atom. The summed E-state index contributed by atoms with van der Waals surface area (Å²) in [6.07, 6.45) is 3.35. The van der Waals surface area contributed by atoms with Crippen LogP contribution in [0.2, 0.25) is 0 Å². The van der Waals surface area contributed by atoms with Crippen molar-refractivity contribution in [3.05, 3.63) is 77.9 Å². The van der Waals surface area contributed by atoms with Gasteiger partial charge in [-0.25, -0.2) is 14.6 Å². The summed E-state index contributed by atoms with van der Waals surface area (Å²) in [6.45, 7) is 11.5. The summed E-state index contributed by atoms with van der Waals surface area (Å²) in [7, 11) is 0. The number of nitrogens with one attached hydrogen (secondary N) is 2. The molecule has 240 valence electrons. The lowest BCUT2D eigenvalue weighted by atomic mass is 10.0. The minimum Gasteiger partial charge on any atom is -0.445 e. The summed E-state index contributed by atoms with van der Waals surface area (Å²) in [5, 5.41) is 6.62. The predicted octanol–water partition coefficient (Wildman–Crippen LogP) is 4.08. The van der Waals surface area contributed by atoms with Gasteiger partial charge < -0.3 is 20.3 Å². The van der Waals surface area contributed by atoms with Gasteiger partial charge in [-0.2, -0.15) is 5.06 Å². The molecule has 2 aromatic rings. The number of amides is 4. The average Bonchev–Trinajstić information content (AvgIpc) is 3.72. The minimum absolute atomic E-state index is 0.0695. The maximum atomic E-state index is 13.7. The third-order valence-corrected chi connectivity index (χ3v) is 7.90. The van der Waals surface area contributed by atoms with Crippen molar-refractivity contribution in [1.82, 2.24) is 20.6 Å². The molecule has 45 heavy (non-hydrogen) atoms. The Bertz CT molecular complexity index is 1380. The Hall–Kier alpha value is -4.51. The molecule has 0 aromatic heterocycles. The highest BCUT2D eigenvalue weighted by molar-refractivity contribution is 5.96. The topological polar surface area (TPSA) is 130 Å². The van der Waals surface area contributed by atoms with Gasteiger partial charge in [-0.05, 0) is 41.4 Å². The van der Waals surface area contributed by atoms with Crippen molar-refractivity contribution in [3.63, 3.8) is 0 Å². The van der Waals surface area contributed by atoms with Crippen LogP contribution in [0.5, 0.6) is 0 Å². The van der Waals surface area contributed by atoms with E-state index in [9.17, 15) is 19.2 Å². The molecule has 2 aliphatic heterocycles. The smallest absolute Gasteiger partial charge is 0.408 e. The number of ether oxygens (including phenoxy) is 1. The number of hydrogen-bond donors (Lipinski definition) is 2. The largest absolute Gasteiger partial charge is 0.445 e. The fourth-order valence-electron chi connectivity index (χ4n) is 5.30. The molecule has 2 unspecified atom stereocenters. The average molecular weight is 618 g/mol. The van der Waals surface area contributed by atoms with Crippen LogP contribution in [0, 0.1) is 11.8 Å². The summed E-state index contributed by atoms with van der Waals surface area (Å²) in [4.78, 5) is 64.9. The number of benzene rings is 2. The number of aliphatic imine (C=N–C) groups is 1. The van der Waals surface area contributed by atoms with Gasteiger partial charge in [-0.15, -0.1) is 0 Å². The van der Waals surface area contributed by atoms with E-state index in [1.165, 1.54) is 11.2 Å². The SMILES string of the molecule is C=Cc1ccc(CC2N=CN(C(=O)C(NC(=O)[C@@H]3CCCN3C(=O)[C@@H](NC(=O)OCc3ccccc3)C(C)C)C(C)C)O2)cc1. The van der Waals surface area contributed by atoms with Gasteiger partial charge in [0.05, 0.1) is 0 Å². The zero-order chi connectivity index (χ0) is 32.5. The van der Waals surface area contributed by atoms with Crippen molar-refractivity contribution in [3.8, 4) is 0 Å². The van der Waals surface area contributed by atoms with E-state index in [0.29, 0.717) is 25.8 Å². The van der Waals surface area contributed by atoms with E-state index in [2.05, 4.69) is 22.2 Å². The quantitative estimate of drug-likeness (QED) is 0.369. The number of alkyl carbamates (subject to hydrolysis) is 1. The fraction of sp³-hybridized carbons (Fsp3) is 0.441. The lowest BCUT2D eigenvalue weighted by Gasteiger charge is -2.32. The standard InChI is InChI=1S/C34H43N5O6/c1-6-24-14-16-25(17-15-24)19-28-35-21-39(45-28)33(42)30(23(4)5)36-31(40)27-13-10-18-38(27)32(41)29(22(2)3)37-34(43)44-20-26-11-8-7-9-12-26/h6-9,11-12,14-17,21-23,27-30H,1,10,13,18-20H2,2-5H3,(H,36,40)(H,37,43)/t27-,28?,29-,30?/m0/s1. The molecule has 2 aliphatic rings. The molecule has 11 nitrogen and oxygen atoms in total. The van der Waals surface area contributed by atoms with Gasteiger partial charge in [0, 0.05) is 13.0 Å². The van der Waals surface area contributed by atoms with E-state index in [0.717, 1.165) is 21.8 Å². The molecule has 11 heteroatoms. The molecule has 4 amide bonds. The molecule has 0 radical (unpaired) electrons. The van der Waals surface area contributed by atoms with E-state index >= 15 is 0 Å². The number of hydrogen-bond acceptors (Lipinski definition) is 7. The van der Waals surface area contributed by atoms with E-state index < -0.39 is 42.3 Å². The van der Waals surface area contributed by atoms with Crippen LogP contribution in [0.1, 0.15) is 57.2 Å². The minimum atomic E-state index is -0.904. The van der Waals surface area contributed by atoms with E-state index in [4.69, 9.17) is 9.57 Å². The Labute approximate surface area is 264 Å². The van der Waals surface area contributed by atoms with E-state index in [1.807, 2.05) is 82.3 Å². The fourth-order valence-corrected chi connectivity index (χ4v) is 5.30. The highest BCUT2D eigenvalue weighted by Crippen LogP contribution is 2.22. The first kappa shape index (κ1) is 33.4. The Morgan fingerprint density at radius 2 is 1.62 bits per heavy atom. The summed E-state index contributed by atoms with van der Waals surface area (Å²) in [5.41, 5.74) is 2.82. The zero-order valence-electron chi connectivity index (χ0n) is 26.3. The molecule has 1 saturated heterocycles. The predicted molar refractivity (Wildman–Crippen MR) is 170 cm³/mol. The van der Waals surface area contributed by atoms with E-state index in [-0.39, 0.29) is 24.3 Å². The van der Waals surface area contributed by atoms with Gasteiger partial charge >= 0.3 is 6.09 Å². The van der Waals surface area contributed by atoms with Gasteiger partial charge in [0.25, 0.3) is 5.91 Å². The van der Waals surface area contributed by atoms with Gasteiger partial charge in [0.15, 0.2) is 6.23 Å². The van der Waals surface area contributed by atoms with Gasteiger partial charge in [0.1, 0.15) is 31.1 Å². The molecule has 2 aromatic carbocycles. The van der Waals surface area contributed by atoms with Crippen LogP contribution in [0.25, 0.3) is 6.08 Å². The third-order valence-electron chi connectivity index (χ3n) is 7.90. The molecule has 4 atom stereocenters. The molecule has 1 fully saturated rings. The summed E-state index contributed by atoms with van der Waals surface area (Å²) >= 11 is 0. The van der Waals surface area contributed by atoms with Gasteiger partial charge in [-0.3, -0.25) is 14.4 Å². The van der Waals surface area contributed by atoms with Crippen LogP contribution in [-0.4, -0.2) is 71.0 Å². The second-order valence-corrected chi connectivity index (χ2v) is 12.0. The first-order chi connectivity index (χ1) is 21.6. The zero-order valence-corrected chi connectivity index (χ0v) is 26.3. The number of likely N-dealkylation sites (tertiary alicyclic amines) is 1. The van der Waals surface area contributed by atoms with Crippen LogP contribution in [0.15, 0.2) is 66.2 Å². The van der Waals surface area contributed by atoms with Crippen LogP contribution in [0.3, 0.4) is 0 Å². The molecule has 2 N–H and O–H groups in total. The lowest BCUT2D eigenvalue weighted by Crippen LogP contribution is -2.58. The highest BCUT2D eigenvalue weighted by Gasteiger charge is 2.41. The second-order valence-electron chi connectivity index (χ2n) is 12.0. The highest BCUT2D eigenvalue weighted by atomic mass is 16.7. The van der Waals surface area contributed by atoms with Crippen molar-refractivity contribution in [1.29, 1.82) is 0 Å². The summed E-state index contributed by atoms with van der Waals surface area (Å²) < 4.78 is 5.33. The number of hydroxylamine groups is 2. The molecule has 0 spiro atoms. The second kappa shape index (κ2) is 15.5.